The van der Waals surface area contributed by atoms with E-state index < -0.39 is 23.4 Å². The van der Waals surface area contributed by atoms with Gasteiger partial charge in [-0.2, -0.15) is 0 Å². The quantitative estimate of drug-likeness (QED) is 0.769. The fourth-order valence-corrected chi connectivity index (χ4v) is 5.10. The summed E-state index contributed by atoms with van der Waals surface area (Å²) in [5, 5.41) is 2.98. The first-order valence-electron chi connectivity index (χ1n) is 10.2. The molecule has 2 fully saturated rings. The number of likely N-dealkylation sites (N-methyl/N-ethyl adjacent to an activating group) is 1. The molecular weight excluding hydrogens is 396 g/mol. The monoisotopic (exact) mass is 418 g/mol. The molecule has 2 aromatic carbocycles. The Morgan fingerprint density at radius 1 is 1.06 bits per heavy atom. The highest BCUT2D eigenvalue weighted by Crippen LogP contribution is 2.54. The van der Waals surface area contributed by atoms with Gasteiger partial charge in [0.2, 0.25) is 11.8 Å². The number of anilines is 1. The van der Waals surface area contributed by atoms with Crippen molar-refractivity contribution in [2.75, 3.05) is 32.0 Å². The second-order valence-electron chi connectivity index (χ2n) is 8.24. The zero-order valence-electron chi connectivity index (χ0n) is 17.1. The van der Waals surface area contributed by atoms with Crippen LogP contribution in [0.5, 0.6) is 0 Å². The number of fused-ring (bicyclic) bond motifs is 2. The molecule has 1 spiro atoms. The molecule has 8 nitrogen and oxygen atoms in total. The number of carbonyl (C=O) groups excluding carboxylic acids is 4. The van der Waals surface area contributed by atoms with Gasteiger partial charge in [-0.1, -0.05) is 48.5 Å². The van der Waals surface area contributed by atoms with E-state index in [0.29, 0.717) is 13.0 Å². The van der Waals surface area contributed by atoms with Gasteiger partial charge in [0.25, 0.3) is 5.91 Å². The van der Waals surface area contributed by atoms with Gasteiger partial charge in [0, 0.05) is 19.3 Å². The predicted octanol–water partition coefficient (Wildman–Crippen LogP) is 1.74. The van der Waals surface area contributed by atoms with Crippen molar-refractivity contribution < 1.29 is 19.2 Å². The zero-order chi connectivity index (χ0) is 21.8. The van der Waals surface area contributed by atoms with Crippen LogP contribution in [0.15, 0.2) is 54.6 Å². The lowest BCUT2D eigenvalue weighted by Crippen LogP contribution is -2.46. The van der Waals surface area contributed by atoms with Gasteiger partial charge in [-0.3, -0.25) is 19.3 Å². The predicted molar refractivity (Wildman–Crippen MR) is 112 cm³/mol. The van der Waals surface area contributed by atoms with Crippen LogP contribution in [-0.2, 0) is 19.8 Å². The summed E-state index contributed by atoms with van der Waals surface area (Å²) in [6, 6.07) is 16.0. The molecule has 0 aliphatic carbocycles. The van der Waals surface area contributed by atoms with Crippen LogP contribution < -0.4 is 5.32 Å². The third-order valence-electron chi connectivity index (χ3n) is 6.55. The molecule has 3 aliphatic heterocycles. The van der Waals surface area contributed by atoms with E-state index in [1.54, 1.807) is 4.90 Å². The van der Waals surface area contributed by atoms with E-state index in [0.717, 1.165) is 21.7 Å². The Balaban J connectivity index is 1.55. The van der Waals surface area contributed by atoms with E-state index in [1.165, 1.54) is 11.9 Å². The number of nitrogens with zero attached hydrogens (tertiary/aromatic N) is 3. The lowest BCUT2D eigenvalue weighted by molar-refractivity contribution is -0.138. The average Bonchev–Trinajstić information content (AvgIpc) is 3.38. The first-order chi connectivity index (χ1) is 14.9. The Hall–Kier alpha value is -3.68. The van der Waals surface area contributed by atoms with E-state index in [2.05, 4.69) is 5.32 Å². The Bertz CT molecular complexity index is 1100. The molecule has 31 heavy (non-hydrogen) atoms. The number of carbonyl (C=O) groups is 4. The van der Waals surface area contributed by atoms with Crippen molar-refractivity contribution in [2.45, 2.75) is 17.9 Å². The number of rotatable bonds is 3. The van der Waals surface area contributed by atoms with Crippen LogP contribution in [0.1, 0.15) is 23.6 Å². The van der Waals surface area contributed by atoms with Crippen molar-refractivity contribution in [3.8, 4) is 0 Å². The van der Waals surface area contributed by atoms with Gasteiger partial charge in [0.15, 0.2) is 0 Å². The molecule has 2 aromatic rings. The summed E-state index contributed by atoms with van der Waals surface area (Å²) in [5.74, 6) is -0.874. The number of amides is 5. The minimum atomic E-state index is -0.913. The number of urea groups is 1. The van der Waals surface area contributed by atoms with E-state index in [4.69, 9.17) is 0 Å². The normalized spacial score (nSPS) is 24.9. The van der Waals surface area contributed by atoms with E-state index in [1.807, 2.05) is 54.6 Å². The first kappa shape index (κ1) is 19.3. The maximum Gasteiger partial charge on any atom is 0.327 e. The Morgan fingerprint density at radius 2 is 1.77 bits per heavy atom. The van der Waals surface area contributed by atoms with Crippen LogP contribution in [0.2, 0.25) is 0 Å². The molecule has 8 heteroatoms. The number of nitrogens with one attached hydrogen (secondary N) is 1. The molecule has 0 saturated carbocycles. The van der Waals surface area contributed by atoms with Crippen LogP contribution in [0.4, 0.5) is 10.5 Å². The molecule has 158 valence electrons. The lowest BCUT2D eigenvalue weighted by atomic mass is 9.72. The summed E-state index contributed by atoms with van der Waals surface area (Å²) in [6.45, 7) is -0.00909. The molecule has 3 aliphatic rings. The molecule has 0 aromatic heterocycles. The van der Waals surface area contributed by atoms with Crippen molar-refractivity contribution in [1.29, 1.82) is 0 Å². The molecule has 2 atom stereocenters. The molecule has 5 rings (SSSR count). The smallest absolute Gasteiger partial charge is 0.327 e. The van der Waals surface area contributed by atoms with Gasteiger partial charge in [-0.05, 0) is 23.6 Å². The molecule has 5 amide bonds. The topological polar surface area (TPSA) is 90.0 Å². The molecular formula is C23H22N4O4. The summed E-state index contributed by atoms with van der Waals surface area (Å²) in [7, 11) is 1.53. The van der Waals surface area contributed by atoms with E-state index in [9.17, 15) is 19.2 Å². The van der Waals surface area contributed by atoms with Gasteiger partial charge in [0.1, 0.15) is 18.5 Å². The Kier molecular flexibility index (Phi) is 4.32. The molecule has 0 radical (unpaired) electrons. The number of hydrogen-bond donors (Lipinski definition) is 1. The van der Waals surface area contributed by atoms with Crippen LogP contribution in [0.25, 0.3) is 0 Å². The highest BCUT2D eigenvalue weighted by atomic mass is 16.2. The van der Waals surface area contributed by atoms with Crippen LogP contribution >= 0.6 is 0 Å². The number of likely N-dealkylation sites (tertiary alicyclic amines) is 1. The SMILES string of the molecule is CN1CC(=O)N(CC(=O)N2CC[C@]3(C(=O)Nc4ccccc43)[C@@H]2c2ccccc2)C1=O. The Labute approximate surface area is 179 Å². The molecule has 3 heterocycles. The number of hydrogen-bond acceptors (Lipinski definition) is 4. The van der Waals surface area contributed by atoms with Crippen molar-refractivity contribution >= 4 is 29.4 Å². The number of para-hydroxylation sites is 1. The van der Waals surface area contributed by atoms with E-state index in [-0.39, 0.29) is 24.9 Å². The fraction of sp³-hybridized carbons (Fsp3) is 0.304. The summed E-state index contributed by atoms with van der Waals surface area (Å²) < 4.78 is 0. The number of benzene rings is 2. The third-order valence-corrected chi connectivity index (χ3v) is 6.55. The van der Waals surface area contributed by atoms with Crippen molar-refractivity contribution in [3.63, 3.8) is 0 Å². The second-order valence-corrected chi connectivity index (χ2v) is 8.24. The minimum Gasteiger partial charge on any atom is -0.333 e. The van der Waals surface area contributed by atoms with Gasteiger partial charge in [0.05, 0.1) is 6.04 Å². The maximum atomic E-state index is 13.4. The van der Waals surface area contributed by atoms with Crippen LogP contribution in [0, 0.1) is 0 Å². The van der Waals surface area contributed by atoms with Gasteiger partial charge >= 0.3 is 6.03 Å². The summed E-state index contributed by atoms with van der Waals surface area (Å²) in [5.41, 5.74) is 1.56. The van der Waals surface area contributed by atoms with Gasteiger partial charge in [-0.15, -0.1) is 0 Å². The average molecular weight is 418 g/mol. The van der Waals surface area contributed by atoms with Crippen LogP contribution in [0.3, 0.4) is 0 Å². The fourth-order valence-electron chi connectivity index (χ4n) is 5.10. The molecule has 0 unspecified atom stereocenters. The molecule has 2 saturated heterocycles. The van der Waals surface area contributed by atoms with Crippen molar-refractivity contribution in [2.24, 2.45) is 0 Å². The summed E-state index contributed by atoms with van der Waals surface area (Å²) in [4.78, 5) is 55.1. The van der Waals surface area contributed by atoms with Crippen molar-refractivity contribution in [3.05, 3.63) is 65.7 Å². The summed E-state index contributed by atoms with van der Waals surface area (Å²) in [6.07, 6.45) is 0.461. The second kappa shape index (κ2) is 6.94. The number of imide groups is 1. The van der Waals surface area contributed by atoms with E-state index >= 15 is 0 Å². The maximum absolute atomic E-state index is 13.4. The summed E-state index contributed by atoms with van der Waals surface area (Å²) >= 11 is 0. The highest BCUT2D eigenvalue weighted by Gasteiger charge is 2.59. The van der Waals surface area contributed by atoms with Gasteiger partial charge < -0.3 is 15.1 Å². The largest absolute Gasteiger partial charge is 0.333 e. The standard InChI is InChI=1S/C23H22N4O4/c1-25-13-18(28)27(22(25)31)14-19(29)26-12-11-23(20(26)15-7-3-2-4-8-15)16-9-5-6-10-17(16)24-21(23)30/h2-10,20H,11-14H2,1H3,(H,24,30)/t20-,23+/m0/s1. The van der Waals surface area contributed by atoms with Gasteiger partial charge in [-0.25, -0.2) is 4.79 Å². The molecule has 1 N–H and O–H groups in total. The minimum absolute atomic E-state index is 0.0338. The van der Waals surface area contributed by atoms with Crippen molar-refractivity contribution in [1.82, 2.24) is 14.7 Å². The first-order valence-corrected chi connectivity index (χ1v) is 10.2. The zero-order valence-corrected chi connectivity index (χ0v) is 17.1. The molecule has 0 bridgehead atoms. The Morgan fingerprint density at radius 3 is 2.48 bits per heavy atom. The van der Waals surface area contributed by atoms with Crippen LogP contribution in [-0.4, -0.2) is 65.1 Å². The lowest BCUT2D eigenvalue weighted by Gasteiger charge is -2.35. The third kappa shape index (κ3) is 2.74. The highest BCUT2D eigenvalue weighted by molar-refractivity contribution is 6.08.